The van der Waals surface area contributed by atoms with E-state index in [1.54, 1.807) is 0 Å². The molecule has 0 saturated carbocycles. The van der Waals surface area contributed by atoms with Crippen LogP contribution in [0, 0.1) is 0 Å². The minimum absolute atomic E-state index is 0.215. The molecule has 0 atom stereocenters. The number of aryl methyl sites for hydroxylation is 4. The quantitative estimate of drug-likeness (QED) is 0.799. The third-order valence-electron chi connectivity index (χ3n) is 4.91. The second-order valence-corrected chi connectivity index (χ2v) is 6.52. The lowest BCUT2D eigenvalue weighted by atomic mass is 9.93. The van der Waals surface area contributed by atoms with E-state index in [0.29, 0.717) is 6.54 Å². The fourth-order valence-corrected chi connectivity index (χ4v) is 3.42. The van der Waals surface area contributed by atoms with Crippen molar-refractivity contribution in [2.24, 2.45) is 0 Å². The van der Waals surface area contributed by atoms with E-state index in [4.69, 9.17) is 0 Å². The van der Waals surface area contributed by atoms with Crippen molar-refractivity contribution in [1.82, 2.24) is 4.90 Å². The number of amides is 2. The number of carbonyl (C=O) groups excluding carboxylic acids is 2. The van der Waals surface area contributed by atoms with Gasteiger partial charge in [-0.1, -0.05) is 42.5 Å². The van der Waals surface area contributed by atoms with Gasteiger partial charge >= 0.3 is 0 Å². The third kappa shape index (κ3) is 2.90. The lowest BCUT2D eigenvalue weighted by Crippen LogP contribution is -2.29. The molecular formula is C21H19NO2. The molecule has 4 aliphatic carbocycles. The Morgan fingerprint density at radius 3 is 1.92 bits per heavy atom. The molecule has 0 aromatic heterocycles. The molecule has 1 heterocycles. The van der Waals surface area contributed by atoms with E-state index in [0.717, 1.165) is 31.2 Å². The maximum Gasteiger partial charge on any atom is 0.253 e. The van der Waals surface area contributed by atoms with Crippen molar-refractivity contribution in [2.75, 3.05) is 0 Å². The molecule has 7 rings (SSSR count). The number of nitrogens with zero attached hydrogens (tertiary/aromatic N) is 1. The summed E-state index contributed by atoms with van der Waals surface area (Å²) in [5.41, 5.74) is 6.23. The molecule has 0 fully saturated rings. The largest absolute Gasteiger partial charge is 0.271 e. The third-order valence-corrected chi connectivity index (χ3v) is 4.91. The van der Waals surface area contributed by atoms with Gasteiger partial charge in [-0.3, -0.25) is 14.5 Å². The van der Waals surface area contributed by atoms with Crippen molar-refractivity contribution in [3.05, 3.63) is 82.4 Å². The molecule has 24 heavy (non-hydrogen) atoms. The Hall–Kier alpha value is -2.68. The van der Waals surface area contributed by atoms with Crippen molar-refractivity contribution in [3.63, 3.8) is 0 Å². The van der Waals surface area contributed by atoms with Gasteiger partial charge in [-0.05, 0) is 53.5 Å². The lowest BCUT2D eigenvalue weighted by molar-refractivity contribution is -0.137. The highest BCUT2D eigenvalue weighted by Gasteiger charge is 2.24. The number of rotatable bonds is 2. The normalized spacial score (nSPS) is 16.6. The molecule has 2 aromatic rings. The molecule has 2 amide bonds. The average Bonchev–Trinajstić information content (AvgIpc) is 2.90. The maximum atomic E-state index is 11.9. The van der Waals surface area contributed by atoms with Gasteiger partial charge in [0.1, 0.15) is 0 Å². The summed E-state index contributed by atoms with van der Waals surface area (Å²) in [5, 5.41) is 0. The van der Waals surface area contributed by atoms with Gasteiger partial charge in [0.15, 0.2) is 0 Å². The van der Waals surface area contributed by atoms with E-state index < -0.39 is 0 Å². The standard InChI is InChI=1S/C21H19NO2/c23-20-11-12-21(24)22(20)14-19-13-17-6-5-15-1-3-16(4-2-15)7-9-18(19)10-8-17/h1-4,8,10-13H,5-7,9,14H2. The van der Waals surface area contributed by atoms with Gasteiger partial charge in [0.05, 0.1) is 6.54 Å². The fraction of sp³-hybridized carbons (Fsp3) is 0.238. The number of hydrogen-bond acceptors (Lipinski definition) is 2. The first kappa shape index (κ1) is 14.9. The molecule has 0 N–H and O–H groups in total. The predicted octanol–water partition coefficient (Wildman–Crippen LogP) is 3.00. The Labute approximate surface area is 141 Å². The molecule has 120 valence electrons. The van der Waals surface area contributed by atoms with Crippen LogP contribution in [0.2, 0.25) is 0 Å². The Morgan fingerprint density at radius 1 is 0.708 bits per heavy atom. The molecule has 3 heteroatoms. The average molecular weight is 317 g/mol. The highest BCUT2D eigenvalue weighted by atomic mass is 16.2. The Kier molecular flexibility index (Phi) is 3.77. The maximum absolute atomic E-state index is 11.9. The summed E-state index contributed by atoms with van der Waals surface area (Å²) >= 11 is 0. The van der Waals surface area contributed by atoms with Crippen LogP contribution in [0.5, 0.6) is 0 Å². The highest BCUT2D eigenvalue weighted by molar-refractivity contribution is 6.12. The Morgan fingerprint density at radius 2 is 1.25 bits per heavy atom. The number of hydrogen-bond donors (Lipinski definition) is 0. The summed E-state index contributed by atoms with van der Waals surface area (Å²) < 4.78 is 0. The molecule has 3 nitrogen and oxygen atoms in total. The first-order chi connectivity index (χ1) is 11.7. The summed E-state index contributed by atoms with van der Waals surface area (Å²) in [6.07, 6.45) is 6.55. The van der Waals surface area contributed by atoms with E-state index in [-0.39, 0.29) is 11.8 Å². The monoisotopic (exact) mass is 317 g/mol. The van der Waals surface area contributed by atoms with Crippen LogP contribution in [0.1, 0.15) is 27.8 Å². The number of benzene rings is 2. The minimum Gasteiger partial charge on any atom is -0.271 e. The summed E-state index contributed by atoms with van der Waals surface area (Å²) in [4.78, 5) is 25.1. The van der Waals surface area contributed by atoms with Crippen LogP contribution in [0.25, 0.3) is 0 Å². The van der Waals surface area contributed by atoms with E-state index in [1.165, 1.54) is 39.3 Å². The molecule has 0 saturated heterocycles. The topological polar surface area (TPSA) is 37.4 Å². The van der Waals surface area contributed by atoms with Crippen molar-refractivity contribution in [2.45, 2.75) is 32.2 Å². The minimum atomic E-state index is -0.215. The molecule has 0 spiro atoms. The summed E-state index contributed by atoms with van der Waals surface area (Å²) in [5.74, 6) is -0.431. The molecular weight excluding hydrogens is 298 g/mol. The Balaban J connectivity index is 1.66. The zero-order valence-corrected chi connectivity index (χ0v) is 13.5. The van der Waals surface area contributed by atoms with Gasteiger partial charge in [-0.15, -0.1) is 0 Å². The van der Waals surface area contributed by atoms with Gasteiger partial charge < -0.3 is 0 Å². The second kappa shape index (κ2) is 6.08. The zero-order chi connectivity index (χ0) is 16.5. The van der Waals surface area contributed by atoms with E-state index in [1.807, 2.05) is 0 Å². The molecule has 4 bridgehead atoms. The summed E-state index contributed by atoms with van der Waals surface area (Å²) in [7, 11) is 0. The van der Waals surface area contributed by atoms with E-state index in [9.17, 15) is 9.59 Å². The van der Waals surface area contributed by atoms with Crippen LogP contribution in [0.3, 0.4) is 0 Å². The molecule has 0 radical (unpaired) electrons. The fourth-order valence-electron chi connectivity index (χ4n) is 3.42. The van der Waals surface area contributed by atoms with Crippen LogP contribution >= 0.6 is 0 Å². The molecule has 1 aliphatic heterocycles. The number of imide groups is 1. The van der Waals surface area contributed by atoms with Crippen LogP contribution in [-0.4, -0.2) is 16.7 Å². The van der Waals surface area contributed by atoms with Gasteiger partial charge in [0, 0.05) is 12.2 Å². The predicted molar refractivity (Wildman–Crippen MR) is 92.4 cm³/mol. The zero-order valence-electron chi connectivity index (χ0n) is 13.5. The van der Waals surface area contributed by atoms with Crippen LogP contribution in [0.15, 0.2) is 54.6 Å². The molecule has 0 unspecified atom stereocenters. The van der Waals surface area contributed by atoms with E-state index >= 15 is 0 Å². The van der Waals surface area contributed by atoms with E-state index in [2.05, 4.69) is 42.5 Å². The lowest BCUT2D eigenvalue weighted by Gasteiger charge is -2.19. The number of carbonyl (C=O) groups is 2. The van der Waals surface area contributed by atoms with Gasteiger partial charge in [-0.2, -0.15) is 0 Å². The van der Waals surface area contributed by atoms with Gasteiger partial charge in [0.2, 0.25) is 0 Å². The highest BCUT2D eigenvalue weighted by Crippen LogP contribution is 2.21. The van der Waals surface area contributed by atoms with Gasteiger partial charge in [0.25, 0.3) is 11.8 Å². The van der Waals surface area contributed by atoms with Gasteiger partial charge in [-0.25, -0.2) is 0 Å². The van der Waals surface area contributed by atoms with Crippen molar-refractivity contribution >= 4 is 11.8 Å². The summed E-state index contributed by atoms with van der Waals surface area (Å²) in [6, 6.07) is 15.4. The molecule has 2 aromatic carbocycles. The van der Waals surface area contributed by atoms with Crippen LogP contribution < -0.4 is 0 Å². The Bertz CT molecular complexity index is 815. The van der Waals surface area contributed by atoms with Crippen molar-refractivity contribution in [1.29, 1.82) is 0 Å². The smallest absolute Gasteiger partial charge is 0.253 e. The van der Waals surface area contributed by atoms with Crippen molar-refractivity contribution in [3.8, 4) is 0 Å². The molecule has 5 aliphatic rings. The van der Waals surface area contributed by atoms with Crippen LogP contribution in [-0.2, 0) is 41.8 Å². The second-order valence-electron chi connectivity index (χ2n) is 6.52. The summed E-state index contributed by atoms with van der Waals surface area (Å²) in [6.45, 7) is 0.366. The first-order valence-electron chi connectivity index (χ1n) is 8.41. The van der Waals surface area contributed by atoms with Crippen LogP contribution in [0.4, 0.5) is 0 Å². The van der Waals surface area contributed by atoms with Crippen molar-refractivity contribution < 1.29 is 9.59 Å². The first-order valence-corrected chi connectivity index (χ1v) is 8.41. The SMILES string of the molecule is O=C1C=CC(=O)N1Cc1cc2ccc1CCc1ccc(cc1)CC2.